The Morgan fingerprint density at radius 3 is 2.67 bits per heavy atom. The molecule has 0 spiro atoms. The van der Waals surface area contributed by atoms with Crippen molar-refractivity contribution in [2.45, 2.75) is 91.1 Å². The van der Waals surface area contributed by atoms with Crippen LogP contribution in [-0.4, -0.2) is 31.7 Å². The van der Waals surface area contributed by atoms with Crippen molar-refractivity contribution in [2.24, 2.45) is 5.92 Å². The quantitative estimate of drug-likeness (QED) is 0.548. The lowest BCUT2D eigenvalue weighted by Gasteiger charge is -2.43. The molecule has 1 aromatic heterocycles. The number of aromatic nitrogens is 2. The molecule has 3 heterocycles. The fourth-order valence-electron chi connectivity index (χ4n) is 3.82. The highest BCUT2D eigenvalue weighted by Crippen LogP contribution is 2.45. The molecule has 2 aliphatic heterocycles. The van der Waals surface area contributed by atoms with Gasteiger partial charge in [0, 0.05) is 0 Å². The van der Waals surface area contributed by atoms with Crippen molar-refractivity contribution < 1.29 is 18.5 Å². The number of rotatable bonds is 6. The van der Waals surface area contributed by atoms with Gasteiger partial charge in [-0.15, -0.1) is 0 Å². The number of ether oxygens (including phenoxy) is 2. The van der Waals surface area contributed by atoms with Crippen molar-refractivity contribution in [3.63, 3.8) is 0 Å². The number of nitrogens with zero attached hydrogens (tertiary/aromatic N) is 2. The minimum Gasteiger partial charge on any atom is -0.424 e. The number of hydrogen-bond donors (Lipinski definition) is 0. The molecule has 0 N–H and O–H groups in total. The second kappa shape index (κ2) is 7.01. The van der Waals surface area contributed by atoms with Gasteiger partial charge in [-0.25, -0.2) is 4.79 Å². The third-order valence-corrected chi connectivity index (χ3v) is 11.6. The molecule has 3 rings (SSSR count). The Morgan fingerprint density at radius 1 is 1.41 bits per heavy atom. The zero-order valence-electron chi connectivity index (χ0n) is 18.0. The maximum absolute atomic E-state index is 12.4. The molecule has 2 aliphatic rings. The van der Waals surface area contributed by atoms with E-state index in [-0.39, 0.29) is 29.0 Å². The summed E-state index contributed by atoms with van der Waals surface area (Å²) in [4.78, 5) is 12.4. The van der Waals surface area contributed by atoms with Crippen LogP contribution in [0.3, 0.4) is 0 Å². The first-order valence-electron chi connectivity index (χ1n) is 10.1. The van der Waals surface area contributed by atoms with E-state index in [0.29, 0.717) is 30.6 Å². The lowest BCUT2D eigenvalue weighted by molar-refractivity contribution is -0.770. The normalized spacial score (nSPS) is 24.9. The van der Waals surface area contributed by atoms with Crippen LogP contribution in [0.5, 0.6) is 6.01 Å². The average Bonchev–Trinajstić information content (AvgIpc) is 2.92. The van der Waals surface area contributed by atoms with Gasteiger partial charge in [-0.05, 0) is 37.9 Å². The molecule has 0 radical (unpaired) electrons. The predicted octanol–water partition coefficient (Wildman–Crippen LogP) is 3.17. The summed E-state index contributed by atoms with van der Waals surface area (Å²) in [7, 11) is -1.92. The van der Waals surface area contributed by atoms with Crippen molar-refractivity contribution in [3.8, 4) is 6.01 Å². The van der Waals surface area contributed by atoms with E-state index in [1.807, 2.05) is 24.6 Å². The molecule has 0 unspecified atom stereocenters. The minimum absolute atomic E-state index is 0.00470. The average molecular weight is 396 g/mol. The fourth-order valence-corrected chi connectivity index (χ4v) is 6.16. The van der Waals surface area contributed by atoms with E-state index >= 15 is 0 Å². The van der Waals surface area contributed by atoms with Crippen molar-refractivity contribution in [2.75, 3.05) is 6.61 Å². The van der Waals surface area contributed by atoms with Crippen molar-refractivity contribution >= 4 is 8.32 Å². The number of hydrogen-bond acceptors (Lipinski definition) is 4. The van der Waals surface area contributed by atoms with E-state index in [4.69, 9.17) is 13.9 Å². The van der Waals surface area contributed by atoms with Gasteiger partial charge in [0.1, 0.15) is 18.4 Å². The largest absolute Gasteiger partial charge is 0.461 e. The summed E-state index contributed by atoms with van der Waals surface area (Å²) in [5, 5.41) is 0.166. The first-order valence-corrected chi connectivity index (χ1v) is 13.0. The number of fused-ring (bicyclic) bond motifs is 4. The molecular formula is C20H35N2O4Si+. The second-order valence-electron chi connectivity index (χ2n) is 9.27. The standard InChI is InChI=1S/C20H35N2O4Si/c1-9-21-18(23)14(4)11-22-17-10-15(26-19(21)22)16(25-17)12-24-27(7,8)20(5,6)13(2)3/h11,13,15-17H,9-10,12H2,1-8H3/q+1/t15-,16+,17+/m0/s1. The Balaban J connectivity index is 1.78. The van der Waals surface area contributed by atoms with Crippen LogP contribution in [0.1, 0.15) is 52.8 Å². The SMILES string of the molecule is CCn1c2[n+](cc(C)c1=O)[C@H]1C[C@H](O2)[C@@H](CO[Si](C)(C)C(C)(C)C(C)C)O1. The van der Waals surface area contributed by atoms with Crippen molar-refractivity contribution in [3.05, 3.63) is 22.1 Å². The summed E-state index contributed by atoms with van der Waals surface area (Å²) < 4.78 is 22.7. The second-order valence-corrected chi connectivity index (χ2v) is 13.9. The van der Waals surface area contributed by atoms with Crippen LogP contribution in [0.4, 0.5) is 0 Å². The maximum Gasteiger partial charge on any atom is 0.461 e. The molecule has 1 fully saturated rings. The van der Waals surface area contributed by atoms with E-state index in [2.05, 4.69) is 40.8 Å². The molecule has 0 aromatic carbocycles. The zero-order chi connectivity index (χ0) is 20.1. The first-order chi connectivity index (χ1) is 12.5. The monoisotopic (exact) mass is 395 g/mol. The van der Waals surface area contributed by atoms with Gasteiger partial charge in [0.2, 0.25) is 6.23 Å². The van der Waals surface area contributed by atoms with Crippen LogP contribution in [0, 0.1) is 12.8 Å². The van der Waals surface area contributed by atoms with Crippen LogP contribution in [-0.2, 0) is 15.7 Å². The molecule has 1 aromatic rings. The molecule has 2 bridgehead atoms. The molecule has 0 saturated carbocycles. The van der Waals surface area contributed by atoms with Gasteiger partial charge >= 0.3 is 11.6 Å². The van der Waals surface area contributed by atoms with Gasteiger partial charge in [-0.2, -0.15) is 9.13 Å². The highest BCUT2D eigenvalue weighted by Gasteiger charge is 2.50. The van der Waals surface area contributed by atoms with E-state index in [9.17, 15) is 4.79 Å². The lowest BCUT2D eigenvalue weighted by Crippen LogP contribution is -2.50. The van der Waals surface area contributed by atoms with E-state index < -0.39 is 8.32 Å². The Kier molecular flexibility index (Phi) is 5.33. The maximum atomic E-state index is 12.4. The van der Waals surface area contributed by atoms with Crippen LogP contribution in [0.15, 0.2) is 11.0 Å². The molecular weight excluding hydrogens is 360 g/mol. The van der Waals surface area contributed by atoms with Crippen LogP contribution in [0.2, 0.25) is 18.1 Å². The minimum atomic E-state index is -1.92. The van der Waals surface area contributed by atoms with Crippen LogP contribution in [0.25, 0.3) is 0 Å². The fraction of sp³-hybridized carbons (Fsp3) is 0.800. The van der Waals surface area contributed by atoms with Crippen molar-refractivity contribution in [1.29, 1.82) is 0 Å². The topological polar surface area (TPSA) is 53.6 Å². The molecule has 0 amide bonds. The molecule has 0 aliphatic carbocycles. The number of aryl methyl sites for hydroxylation is 1. The van der Waals surface area contributed by atoms with Crippen LogP contribution >= 0.6 is 0 Å². The van der Waals surface area contributed by atoms with Gasteiger partial charge in [0.15, 0.2) is 8.32 Å². The summed E-state index contributed by atoms with van der Waals surface area (Å²) in [5.41, 5.74) is 0.711. The summed E-state index contributed by atoms with van der Waals surface area (Å²) in [6.07, 6.45) is 2.39. The Bertz CT molecular complexity index is 772. The lowest BCUT2D eigenvalue weighted by atomic mass is 9.99. The Labute approximate surface area is 163 Å². The van der Waals surface area contributed by atoms with Gasteiger partial charge in [-0.1, -0.05) is 27.7 Å². The summed E-state index contributed by atoms with van der Waals surface area (Å²) in [6, 6.07) is 0.607. The van der Waals surface area contributed by atoms with Gasteiger partial charge in [0.05, 0.1) is 25.1 Å². The molecule has 6 nitrogen and oxygen atoms in total. The van der Waals surface area contributed by atoms with Crippen LogP contribution < -0.4 is 14.9 Å². The predicted molar refractivity (Wildman–Crippen MR) is 107 cm³/mol. The molecule has 152 valence electrons. The molecule has 7 heteroatoms. The summed E-state index contributed by atoms with van der Waals surface area (Å²) >= 11 is 0. The van der Waals surface area contributed by atoms with Gasteiger partial charge < -0.3 is 13.9 Å². The van der Waals surface area contributed by atoms with Gasteiger partial charge in [0.25, 0.3) is 0 Å². The van der Waals surface area contributed by atoms with E-state index in [1.54, 1.807) is 4.57 Å². The molecule has 3 atom stereocenters. The Hall–Kier alpha value is -1.18. The highest BCUT2D eigenvalue weighted by atomic mass is 28.4. The zero-order valence-corrected chi connectivity index (χ0v) is 19.0. The van der Waals surface area contributed by atoms with E-state index in [1.165, 1.54) is 0 Å². The molecule has 1 saturated heterocycles. The smallest absolute Gasteiger partial charge is 0.424 e. The molecule has 27 heavy (non-hydrogen) atoms. The van der Waals surface area contributed by atoms with Crippen molar-refractivity contribution in [1.82, 2.24) is 4.57 Å². The highest BCUT2D eigenvalue weighted by molar-refractivity contribution is 6.74. The third-order valence-electron chi connectivity index (χ3n) is 7.03. The Morgan fingerprint density at radius 2 is 2.07 bits per heavy atom. The third kappa shape index (κ3) is 3.38. The first kappa shape index (κ1) is 20.5. The van der Waals surface area contributed by atoms with Gasteiger partial charge in [-0.3, -0.25) is 0 Å². The summed E-state index contributed by atoms with van der Waals surface area (Å²) in [6.45, 7) is 18.6. The summed E-state index contributed by atoms with van der Waals surface area (Å²) in [5.74, 6) is 0.556. The van der Waals surface area contributed by atoms with E-state index in [0.717, 1.165) is 6.42 Å².